The second kappa shape index (κ2) is 10.9. The summed E-state index contributed by atoms with van der Waals surface area (Å²) in [6.45, 7) is 4.00. The van der Waals surface area contributed by atoms with Crippen LogP contribution in [-0.4, -0.2) is 7.05 Å². The number of hydrogen-bond donors (Lipinski definition) is 4. The van der Waals surface area contributed by atoms with E-state index >= 15 is 0 Å². The molecule has 0 amide bonds. The third-order valence-electron chi connectivity index (χ3n) is 1.35. The summed E-state index contributed by atoms with van der Waals surface area (Å²) in [6, 6.07) is 5.54. The topological polar surface area (TPSA) is 78.1 Å². The van der Waals surface area contributed by atoms with Crippen LogP contribution in [0.5, 0.6) is 0 Å². The van der Waals surface area contributed by atoms with Gasteiger partial charge in [0.15, 0.2) is 0 Å². The standard InChI is InChI=1S/C8H10N2S.C2H6.CH5N/c9-4-3-6-1-2-7(11)5-8(6)10;2*1-2/h1-5,11H,9-10H2;1-2H3;2H2,1H3/b4-3-;;. The van der Waals surface area contributed by atoms with Gasteiger partial charge in [0, 0.05) is 10.6 Å². The molecule has 0 bridgehead atoms. The molecule has 0 aliphatic carbocycles. The molecule has 1 aromatic carbocycles. The average Bonchev–Trinajstić information content (AvgIpc) is 2.28. The SMILES string of the molecule is CC.CN.N/C=C\c1ccc(S)cc1N. The quantitative estimate of drug-likeness (QED) is 0.438. The molecule has 1 aromatic rings. The number of nitrogen functional groups attached to an aromatic ring is 1. The molecule has 0 aliphatic heterocycles. The minimum atomic E-state index is 0.694. The summed E-state index contributed by atoms with van der Waals surface area (Å²) >= 11 is 4.13. The summed E-state index contributed by atoms with van der Waals surface area (Å²) in [5.74, 6) is 0. The highest BCUT2D eigenvalue weighted by molar-refractivity contribution is 7.80. The van der Waals surface area contributed by atoms with Crippen LogP contribution in [0.3, 0.4) is 0 Å². The van der Waals surface area contributed by atoms with Gasteiger partial charge in [0.05, 0.1) is 0 Å². The van der Waals surface area contributed by atoms with Crippen LogP contribution in [0.2, 0.25) is 0 Å². The molecule has 15 heavy (non-hydrogen) atoms. The van der Waals surface area contributed by atoms with Gasteiger partial charge in [0.25, 0.3) is 0 Å². The van der Waals surface area contributed by atoms with Crippen molar-refractivity contribution < 1.29 is 0 Å². The molecule has 0 aromatic heterocycles. The first kappa shape index (κ1) is 16.3. The fourth-order valence-corrected chi connectivity index (χ4v) is 1.03. The summed E-state index contributed by atoms with van der Waals surface area (Å²) in [5, 5.41) is 0. The Morgan fingerprint density at radius 2 is 1.73 bits per heavy atom. The number of benzene rings is 1. The third-order valence-corrected chi connectivity index (χ3v) is 1.62. The van der Waals surface area contributed by atoms with Gasteiger partial charge in [0.1, 0.15) is 0 Å². The fourth-order valence-electron chi connectivity index (χ4n) is 0.818. The van der Waals surface area contributed by atoms with Gasteiger partial charge in [0.2, 0.25) is 0 Å². The van der Waals surface area contributed by atoms with Crippen LogP contribution in [0.1, 0.15) is 19.4 Å². The maximum Gasteiger partial charge on any atom is 0.0399 e. The van der Waals surface area contributed by atoms with E-state index in [-0.39, 0.29) is 0 Å². The molecular formula is C11H21N3S. The van der Waals surface area contributed by atoms with Crippen LogP contribution >= 0.6 is 12.6 Å². The van der Waals surface area contributed by atoms with Gasteiger partial charge < -0.3 is 17.2 Å². The van der Waals surface area contributed by atoms with Crippen molar-refractivity contribution in [3.05, 3.63) is 30.0 Å². The summed E-state index contributed by atoms with van der Waals surface area (Å²) in [7, 11) is 1.50. The Kier molecular flexibility index (Phi) is 11.9. The molecule has 0 fully saturated rings. The van der Waals surface area contributed by atoms with Gasteiger partial charge in [-0.05, 0) is 37.0 Å². The average molecular weight is 227 g/mol. The van der Waals surface area contributed by atoms with Crippen LogP contribution in [0.25, 0.3) is 6.08 Å². The van der Waals surface area contributed by atoms with Crippen molar-refractivity contribution in [2.45, 2.75) is 18.7 Å². The predicted octanol–water partition coefficient (Wildman–Crippen LogP) is 2.09. The minimum absolute atomic E-state index is 0.694. The van der Waals surface area contributed by atoms with Crippen molar-refractivity contribution in [1.82, 2.24) is 0 Å². The lowest BCUT2D eigenvalue weighted by molar-refractivity contribution is 1.46. The zero-order valence-electron chi connectivity index (χ0n) is 9.57. The van der Waals surface area contributed by atoms with E-state index in [2.05, 4.69) is 18.4 Å². The van der Waals surface area contributed by atoms with Crippen molar-refractivity contribution >= 4 is 24.4 Å². The number of nitrogens with two attached hydrogens (primary N) is 3. The molecule has 0 saturated heterocycles. The molecule has 86 valence electrons. The Labute approximate surface area is 97.8 Å². The van der Waals surface area contributed by atoms with E-state index in [0.29, 0.717) is 5.69 Å². The molecule has 6 N–H and O–H groups in total. The lowest BCUT2D eigenvalue weighted by atomic mass is 10.2. The summed E-state index contributed by atoms with van der Waals surface area (Å²) in [4.78, 5) is 0.858. The number of rotatable bonds is 1. The largest absolute Gasteiger partial charge is 0.405 e. The first-order chi connectivity index (χ1) is 7.24. The van der Waals surface area contributed by atoms with Crippen molar-refractivity contribution in [1.29, 1.82) is 0 Å². The van der Waals surface area contributed by atoms with Gasteiger partial charge >= 0.3 is 0 Å². The van der Waals surface area contributed by atoms with E-state index in [9.17, 15) is 0 Å². The maximum atomic E-state index is 5.65. The van der Waals surface area contributed by atoms with Crippen LogP contribution in [0, 0.1) is 0 Å². The molecule has 1 rings (SSSR count). The monoisotopic (exact) mass is 227 g/mol. The molecule has 0 atom stereocenters. The second-order valence-electron chi connectivity index (χ2n) is 2.17. The highest BCUT2D eigenvalue weighted by Gasteiger charge is 1.93. The first-order valence-corrected chi connectivity index (χ1v) is 5.23. The Morgan fingerprint density at radius 1 is 1.20 bits per heavy atom. The Bertz CT molecular complexity index is 285. The molecule has 0 heterocycles. The van der Waals surface area contributed by atoms with Crippen molar-refractivity contribution in [2.75, 3.05) is 12.8 Å². The van der Waals surface area contributed by atoms with Gasteiger partial charge in [-0.25, -0.2) is 0 Å². The second-order valence-corrected chi connectivity index (χ2v) is 2.69. The van der Waals surface area contributed by atoms with Crippen LogP contribution in [0.15, 0.2) is 29.3 Å². The molecular weight excluding hydrogens is 206 g/mol. The smallest absolute Gasteiger partial charge is 0.0399 e. The Hall–Kier alpha value is -1.13. The van der Waals surface area contributed by atoms with Crippen molar-refractivity contribution in [3.63, 3.8) is 0 Å². The Balaban J connectivity index is 0. The summed E-state index contributed by atoms with van der Waals surface area (Å²) in [6.07, 6.45) is 3.21. The van der Waals surface area contributed by atoms with E-state index in [4.69, 9.17) is 11.5 Å². The fraction of sp³-hybridized carbons (Fsp3) is 0.273. The van der Waals surface area contributed by atoms with Crippen LogP contribution in [-0.2, 0) is 0 Å². The molecule has 3 nitrogen and oxygen atoms in total. The normalized spacial score (nSPS) is 8.60. The summed E-state index contributed by atoms with van der Waals surface area (Å²) in [5.41, 5.74) is 17.0. The zero-order valence-corrected chi connectivity index (χ0v) is 10.5. The van der Waals surface area contributed by atoms with Gasteiger partial charge in [-0.2, -0.15) is 0 Å². The molecule has 0 saturated carbocycles. The van der Waals surface area contributed by atoms with Crippen molar-refractivity contribution in [3.8, 4) is 0 Å². The van der Waals surface area contributed by atoms with Gasteiger partial charge in [-0.1, -0.05) is 19.9 Å². The lowest BCUT2D eigenvalue weighted by Crippen LogP contribution is -1.89. The van der Waals surface area contributed by atoms with E-state index in [0.717, 1.165) is 10.5 Å². The van der Waals surface area contributed by atoms with E-state index in [1.807, 2.05) is 26.0 Å². The molecule has 4 heteroatoms. The van der Waals surface area contributed by atoms with Crippen molar-refractivity contribution in [2.24, 2.45) is 11.5 Å². The molecule has 0 radical (unpaired) electrons. The van der Waals surface area contributed by atoms with Gasteiger partial charge in [-0.3, -0.25) is 0 Å². The lowest BCUT2D eigenvalue weighted by Gasteiger charge is -1.99. The predicted molar refractivity (Wildman–Crippen MR) is 72.8 cm³/mol. The first-order valence-electron chi connectivity index (χ1n) is 4.78. The molecule has 0 spiro atoms. The number of hydrogen-bond acceptors (Lipinski definition) is 4. The highest BCUT2D eigenvalue weighted by atomic mass is 32.1. The third kappa shape index (κ3) is 6.88. The minimum Gasteiger partial charge on any atom is -0.405 e. The zero-order chi connectivity index (χ0) is 12.3. The van der Waals surface area contributed by atoms with E-state index in [1.54, 1.807) is 12.1 Å². The highest BCUT2D eigenvalue weighted by Crippen LogP contribution is 2.17. The molecule has 0 aliphatic rings. The van der Waals surface area contributed by atoms with E-state index in [1.165, 1.54) is 13.2 Å². The van der Waals surface area contributed by atoms with Gasteiger partial charge in [-0.15, -0.1) is 12.6 Å². The maximum absolute atomic E-state index is 5.65. The molecule has 0 unspecified atom stereocenters. The summed E-state index contributed by atoms with van der Waals surface area (Å²) < 4.78 is 0. The number of anilines is 1. The number of thiol groups is 1. The van der Waals surface area contributed by atoms with Crippen LogP contribution in [0.4, 0.5) is 5.69 Å². The van der Waals surface area contributed by atoms with Crippen LogP contribution < -0.4 is 17.2 Å². The Morgan fingerprint density at radius 3 is 2.13 bits per heavy atom. The van der Waals surface area contributed by atoms with E-state index < -0.39 is 0 Å².